The highest BCUT2D eigenvalue weighted by Gasteiger charge is 2.27. The monoisotopic (exact) mass is 276 g/mol. The number of hydrogen-bond acceptors (Lipinski definition) is 3. The van der Waals surface area contributed by atoms with E-state index in [0.29, 0.717) is 11.8 Å². The van der Waals surface area contributed by atoms with Crippen molar-refractivity contribution >= 4 is 15.9 Å². The average molecular weight is 276 g/mol. The first kappa shape index (κ1) is 15.4. The van der Waals surface area contributed by atoms with Crippen molar-refractivity contribution in [2.24, 2.45) is 11.8 Å². The molecule has 0 aromatic rings. The molecule has 6 heteroatoms. The summed E-state index contributed by atoms with van der Waals surface area (Å²) in [5.41, 5.74) is 0. The van der Waals surface area contributed by atoms with Gasteiger partial charge in [0.05, 0.1) is 6.26 Å². The van der Waals surface area contributed by atoms with Gasteiger partial charge in [-0.25, -0.2) is 13.1 Å². The molecule has 1 amide bonds. The summed E-state index contributed by atoms with van der Waals surface area (Å²) in [4.78, 5) is 11.7. The second-order valence-corrected chi connectivity index (χ2v) is 7.19. The maximum absolute atomic E-state index is 11.7. The molecule has 5 nitrogen and oxygen atoms in total. The molecule has 18 heavy (non-hydrogen) atoms. The Bertz CT molecular complexity index is 381. The van der Waals surface area contributed by atoms with Crippen LogP contribution in [0, 0.1) is 11.8 Å². The van der Waals surface area contributed by atoms with Crippen LogP contribution in [0.2, 0.25) is 0 Å². The predicted octanol–water partition coefficient (Wildman–Crippen LogP) is 0.867. The van der Waals surface area contributed by atoms with Crippen molar-refractivity contribution in [3.05, 3.63) is 0 Å². The van der Waals surface area contributed by atoms with E-state index in [9.17, 15) is 13.2 Å². The third-order valence-corrected chi connectivity index (χ3v) is 4.50. The van der Waals surface area contributed by atoms with Gasteiger partial charge in [-0.05, 0) is 18.3 Å². The first-order valence-electron chi connectivity index (χ1n) is 6.53. The molecule has 1 fully saturated rings. The van der Waals surface area contributed by atoms with Crippen LogP contribution in [0.5, 0.6) is 0 Å². The normalized spacial score (nSPS) is 28.9. The summed E-state index contributed by atoms with van der Waals surface area (Å²) in [6.07, 6.45) is 4.69. The van der Waals surface area contributed by atoms with Crippen molar-refractivity contribution in [3.63, 3.8) is 0 Å². The van der Waals surface area contributed by atoms with Gasteiger partial charge < -0.3 is 5.32 Å². The van der Waals surface area contributed by atoms with Gasteiger partial charge in [-0.2, -0.15) is 0 Å². The van der Waals surface area contributed by atoms with E-state index in [0.717, 1.165) is 19.1 Å². The van der Waals surface area contributed by atoms with E-state index in [1.165, 1.54) is 6.42 Å². The maximum Gasteiger partial charge on any atom is 0.221 e. The largest absolute Gasteiger partial charge is 0.353 e. The highest BCUT2D eigenvalue weighted by molar-refractivity contribution is 7.88. The molecule has 1 rings (SSSR count). The van der Waals surface area contributed by atoms with Crippen LogP contribution in [0.1, 0.15) is 39.5 Å². The Balaban J connectivity index is 2.31. The molecule has 1 aliphatic carbocycles. The lowest BCUT2D eigenvalue weighted by atomic mass is 9.78. The second kappa shape index (κ2) is 6.52. The van der Waals surface area contributed by atoms with Crippen LogP contribution in [0.15, 0.2) is 0 Å². The minimum absolute atomic E-state index is 0.0721. The van der Waals surface area contributed by atoms with Gasteiger partial charge in [0.15, 0.2) is 0 Å². The minimum atomic E-state index is -3.20. The summed E-state index contributed by atoms with van der Waals surface area (Å²) in [7, 11) is -3.20. The summed E-state index contributed by atoms with van der Waals surface area (Å²) >= 11 is 0. The van der Waals surface area contributed by atoms with Crippen molar-refractivity contribution in [1.82, 2.24) is 10.0 Å². The van der Waals surface area contributed by atoms with Crippen molar-refractivity contribution in [2.45, 2.75) is 45.6 Å². The Morgan fingerprint density at radius 3 is 2.56 bits per heavy atom. The number of rotatable bonds is 5. The maximum atomic E-state index is 11.7. The van der Waals surface area contributed by atoms with Gasteiger partial charge in [0.1, 0.15) is 0 Å². The summed E-state index contributed by atoms with van der Waals surface area (Å²) in [6.45, 7) is 4.55. The van der Waals surface area contributed by atoms with Crippen LogP contribution in [-0.4, -0.2) is 33.2 Å². The molecule has 0 unspecified atom stereocenters. The standard InChI is InChI=1S/C12H24N2O3S/c1-9-5-4-6-11(10(9)2)14-12(15)7-8-13-18(3,16)17/h9-11,13H,4-8H2,1-3H3,(H,14,15)/t9-,10-,11+/m1/s1. The Morgan fingerprint density at radius 2 is 1.94 bits per heavy atom. The quantitative estimate of drug-likeness (QED) is 0.782. The molecule has 106 valence electrons. The van der Waals surface area contributed by atoms with Crippen molar-refractivity contribution in [3.8, 4) is 0 Å². The lowest BCUT2D eigenvalue weighted by molar-refractivity contribution is -0.122. The van der Waals surface area contributed by atoms with E-state index >= 15 is 0 Å². The smallest absolute Gasteiger partial charge is 0.221 e. The van der Waals surface area contributed by atoms with Gasteiger partial charge in [-0.3, -0.25) is 4.79 Å². The molecule has 0 aromatic carbocycles. The number of hydrogen-bond donors (Lipinski definition) is 2. The third kappa shape index (κ3) is 5.35. The molecule has 1 saturated carbocycles. The van der Waals surface area contributed by atoms with Crippen molar-refractivity contribution in [1.29, 1.82) is 0 Å². The van der Waals surface area contributed by atoms with Crippen molar-refractivity contribution < 1.29 is 13.2 Å². The molecular weight excluding hydrogens is 252 g/mol. The first-order chi connectivity index (χ1) is 8.29. The van der Waals surface area contributed by atoms with Gasteiger partial charge in [0.25, 0.3) is 0 Å². The van der Waals surface area contributed by atoms with Crippen LogP contribution >= 0.6 is 0 Å². The fourth-order valence-electron chi connectivity index (χ4n) is 2.41. The van der Waals surface area contributed by atoms with Crippen LogP contribution in [-0.2, 0) is 14.8 Å². The average Bonchev–Trinajstić information content (AvgIpc) is 2.23. The summed E-state index contributed by atoms with van der Waals surface area (Å²) in [6, 6.07) is 0.236. The Labute approximate surface area is 110 Å². The number of amides is 1. The Kier molecular flexibility index (Phi) is 5.59. The van der Waals surface area contributed by atoms with Gasteiger partial charge in [-0.15, -0.1) is 0 Å². The van der Waals surface area contributed by atoms with Crippen LogP contribution in [0.3, 0.4) is 0 Å². The number of sulfonamides is 1. The summed E-state index contributed by atoms with van der Waals surface area (Å²) < 4.78 is 24.0. The zero-order valence-electron chi connectivity index (χ0n) is 11.4. The molecule has 1 aliphatic rings. The predicted molar refractivity (Wildman–Crippen MR) is 71.6 cm³/mol. The van der Waals surface area contributed by atoms with E-state index in [1.807, 2.05) is 0 Å². The molecule has 2 N–H and O–H groups in total. The van der Waals surface area contributed by atoms with Gasteiger partial charge in [-0.1, -0.05) is 26.7 Å². The van der Waals surface area contributed by atoms with Gasteiger partial charge in [0.2, 0.25) is 15.9 Å². The molecule has 0 bridgehead atoms. The topological polar surface area (TPSA) is 75.3 Å². The van der Waals surface area contributed by atoms with E-state index in [4.69, 9.17) is 0 Å². The molecule has 0 aliphatic heterocycles. The molecule has 0 aromatic heterocycles. The van der Waals surface area contributed by atoms with E-state index in [-0.39, 0.29) is 24.9 Å². The van der Waals surface area contributed by atoms with Crippen LogP contribution < -0.4 is 10.0 Å². The fraction of sp³-hybridized carbons (Fsp3) is 0.917. The van der Waals surface area contributed by atoms with E-state index < -0.39 is 10.0 Å². The second-order valence-electron chi connectivity index (χ2n) is 5.36. The highest BCUT2D eigenvalue weighted by atomic mass is 32.2. The number of nitrogens with one attached hydrogen (secondary N) is 2. The number of carbonyl (C=O) groups excluding carboxylic acids is 1. The lowest BCUT2D eigenvalue weighted by Gasteiger charge is -2.34. The molecular formula is C12H24N2O3S. The SMILES string of the molecule is C[C@@H]1[C@H](C)CCC[C@@H]1NC(=O)CCNS(C)(=O)=O. The summed E-state index contributed by atoms with van der Waals surface area (Å²) in [5.74, 6) is 1.06. The van der Waals surface area contributed by atoms with Crippen LogP contribution in [0.25, 0.3) is 0 Å². The number of carbonyl (C=O) groups is 1. The van der Waals surface area contributed by atoms with Crippen molar-refractivity contribution in [2.75, 3.05) is 12.8 Å². The Hall–Kier alpha value is -0.620. The first-order valence-corrected chi connectivity index (χ1v) is 8.42. The lowest BCUT2D eigenvalue weighted by Crippen LogP contribution is -2.44. The zero-order chi connectivity index (χ0) is 13.8. The zero-order valence-corrected chi connectivity index (χ0v) is 12.2. The molecule has 0 radical (unpaired) electrons. The van der Waals surface area contributed by atoms with Gasteiger partial charge >= 0.3 is 0 Å². The highest BCUT2D eigenvalue weighted by Crippen LogP contribution is 2.29. The fourth-order valence-corrected chi connectivity index (χ4v) is 2.89. The molecule has 3 atom stereocenters. The van der Waals surface area contributed by atoms with Crippen LogP contribution in [0.4, 0.5) is 0 Å². The van der Waals surface area contributed by atoms with E-state index in [2.05, 4.69) is 23.9 Å². The summed E-state index contributed by atoms with van der Waals surface area (Å²) in [5, 5.41) is 3.01. The Morgan fingerprint density at radius 1 is 1.28 bits per heavy atom. The van der Waals surface area contributed by atoms with E-state index in [1.54, 1.807) is 0 Å². The van der Waals surface area contributed by atoms with Gasteiger partial charge in [0, 0.05) is 19.0 Å². The molecule has 0 heterocycles. The molecule has 0 spiro atoms. The third-order valence-electron chi connectivity index (χ3n) is 3.77. The molecule has 0 saturated heterocycles. The minimum Gasteiger partial charge on any atom is -0.353 e.